The molecule has 6 heteroatoms. The average molecular weight is 420 g/mol. The van der Waals surface area contributed by atoms with E-state index in [0.29, 0.717) is 23.2 Å². The van der Waals surface area contributed by atoms with E-state index in [-0.39, 0.29) is 5.91 Å². The van der Waals surface area contributed by atoms with Crippen molar-refractivity contribution in [3.63, 3.8) is 0 Å². The van der Waals surface area contributed by atoms with Crippen LogP contribution < -0.4 is 11.1 Å². The average Bonchev–Trinajstić information content (AvgIpc) is 2.70. The molecule has 0 radical (unpaired) electrons. The molecule has 1 heterocycles. The zero-order valence-corrected chi connectivity index (χ0v) is 18.9. The number of piperidine rings is 1. The summed E-state index contributed by atoms with van der Waals surface area (Å²) >= 11 is 3.04. The molecule has 1 amide bonds. The maximum atomic E-state index is 12.7. The van der Waals surface area contributed by atoms with Crippen LogP contribution in [0.5, 0.6) is 0 Å². The Morgan fingerprint density at radius 3 is 2.86 bits per heavy atom. The first-order valence-corrected chi connectivity index (χ1v) is 12.0. The molecule has 1 saturated heterocycles. The minimum absolute atomic E-state index is 0.112. The van der Waals surface area contributed by atoms with Gasteiger partial charge in [0.25, 0.3) is 5.91 Å². The Balaban J connectivity index is 1.86. The lowest BCUT2D eigenvalue weighted by molar-refractivity contribution is -0.116. The summed E-state index contributed by atoms with van der Waals surface area (Å²) in [5, 5.41) is 3.03. The molecule has 0 aromatic heterocycles. The van der Waals surface area contributed by atoms with Crippen LogP contribution in [-0.2, 0) is 4.79 Å². The lowest BCUT2D eigenvalue weighted by atomic mass is 10.0. The minimum Gasteiger partial charge on any atom is -0.401 e. The van der Waals surface area contributed by atoms with E-state index in [4.69, 9.17) is 5.73 Å². The largest absolute Gasteiger partial charge is 0.401 e. The molecule has 1 aromatic carbocycles. The van der Waals surface area contributed by atoms with E-state index in [2.05, 4.69) is 35.9 Å². The topological polar surface area (TPSA) is 58.4 Å². The van der Waals surface area contributed by atoms with E-state index >= 15 is 0 Å². The summed E-state index contributed by atoms with van der Waals surface area (Å²) in [4.78, 5) is 17.7. The Labute approximate surface area is 178 Å². The summed E-state index contributed by atoms with van der Waals surface area (Å²) in [6.07, 6.45) is 6.89. The third kappa shape index (κ3) is 6.90. The number of amides is 1. The van der Waals surface area contributed by atoms with Crippen LogP contribution in [0, 0.1) is 0 Å². The molecule has 2 rings (SSSR count). The number of benzene rings is 1. The molecule has 1 atom stereocenters. The molecule has 1 unspecified atom stereocenters. The smallest absolute Gasteiger partial charge is 0.259 e. The summed E-state index contributed by atoms with van der Waals surface area (Å²) in [7, 11) is 0. The third-order valence-electron chi connectivity index (χ3n) is 5.03. The van der Waals surface area contributed by atoms with Crippen molar-refractivity contribution in [2.75, 3.05) is 25.9 Å². The van der Waals surface area contributed by atoms with Crippen molar-refractivity contribution in [1.82, 2.24) is 10.2 Å². The molecule has 0 spiro atoms. The van der Waals surface area contributed by atoms with Gasteiger partial charge in [0.1, 0.15) is 0 Å². The number of nitrogens with one attached hydrogen (secondary N) is 1. The van der Waals surface area contributed by atoms with Gasteiger partial charge in [-0.3, -0.25) is 4.79 Å². The zero-order valence-electron chi connectivity index (χ0n) is 17.3. The molecule has 1 aliphatic heterocycles. The molecule has 1 aromatic rings. The van der Waals surface area contributed by atoms with Crippen molar-refractivity contribution in [3.8, 4) is 0 Å². The van der Waals surface area contributed by atoms with Gasteiger partial charge in [0.15, 0.2) is 0 Å². The Bertz CT molecular complexity index is 713. The van der Waals surface area contributed by atoms with E-state index in [1.54, 1.807) is 18.7 Å². The second-order valence-electron chi connectivity index (χ2n) is 7.26. The zero-order chi connectivity index (χ0) is 20.5. The van der Waals surface area contributed by atoms with Gasteiger partial charge in [0.05, 0.1) is 4.91 Å². The van der Waals surface area contributed by atoms with E-state index in [0.717, 1.165) is 23.4 Å². The van der Waals surface area contributed by atoms with Crippen LogP contribution in [0.25, 0.3) is 4.91 Å². The highest BCUT2D eigenvalue weighted by molar-refractivity contribution is 8.12. The van der Waals surface area contributed by atoms with Gasteiger partial charge in [-0.25, -0.2) is 0 Å². The van der Waals surface area contributed by atoms with Crippen LogP contribution in [-0.4, -0.2) is 42.7 Å². The molecular formula is C22H33N3OS2. The van der Waals surface area contributed by atoms with Crippen molar-refractivity contribution in [3.05, 3.63) is 47.0 Å². The molecule has 28 heavy (non-hydrogen) atoms. The van der Waals surface area contributed by atoms with Crippen molar-refractivity contribution in [2.24, 2.45) is 5.73 Å². The predicted octanol–water partition coefficient (Wildman–Crippen LogP) is 4.68. The Morgan fingerprint density at radius 2 is 2.18 bits per heavy atom. The van der Waals surface area contributed by atoms with Crippen LogP contribution in [0.3, 0.4) is 0 Å². The Morgan fingerprint density at radius 1 is 1.39 bits per heavy atom. The predicted molar refractivity (Wildman–Crippen MR) is 124 cm³/mol. The summed E-state index contributed by atoms with van der Waals surface area (Å²) in [6, 6.07) is 8.82. The molecule has 0 aliphatic carbocycles. The summed E-state index contributed by atoms with van der Waals surface area (Å²) in [6.45, 7) is 11.1. The number of likely N-dealkylation sites (tertiary alicyclic amines) is 1. The van der Waals surface area contributed by atoms with Gasteiger partial charge in [-0.05, 0) is 63.6 Å². The van der Waals surface area contributed by atoms with Gasteiger partial charge >= 0.3 is 0 Å². The second-order valence-corrected chi connectivity index (χ2v) is 9.24. The van der Waals surface area contributed by atoms with Crippen molar-refractivity contribution in [2.45, 2.75) is 50.5 Å². The van der Waals surface area contributed by atoms with Gasteiger partial charge in [-0.2, -0.15) is 0 Å². The van der Waals surface area contributed by atoms with Gasteiger partial charge < -0.3 is 16.0 Å². The number of hydrogen-bond acceptors (Lipinski definition) is 5. The van der Waals surface area contributed by atoms with E-state index < -0.39 is 0 Å². The van der Waals surface area contributed by atoms with Crippen molar-refractivity contribution >= 4 is 34.3 Å². The summed E-state index contributed by atoms with van der Waals surface area (Å²) in [5.74, 6) is -0.112. The molecule has 0 bridgehead atoms. The molecular weight excluding hydrogens is 386 g/mol. The standard InChI is InChI=1S/C22H33N3OS2/c1-16-9-5-6-13-25(16)14-8-12-24-22(26)21(17(2)23)28-18(3)19-10-7-11-20(15-19)27-4/h7,10-11,15-16H,3,5-6,8-9,12-14,23H2,1-2,4H3,(H,24,26)/b21-17-. The Hall–Kier alpha value is -1.37. The second kappa shape index (κ2) is 11.6. The van der Waals surface area contributed by atoms with E-state index in [1.807, 2.05) is 18.4 Å². The highest BCUT2D eigenvalue weighted by Crippen LogP contribution is 2.34. The third-order valence-corrected chi connectivity index (χ3v) is 6.95. The number of thioether (sulfide) groups is 2. The van der Waals surface area contributed by atoms with Crippen LogP contribution >= 0.6 is 23.5 Å². The first-order valence-electron chi connectivity index (χ1n) is 9.92. The highest BCUT2D eigenvalue weighted by atomic mass is 32.2. The summed E-state index contributed by atoms with van der Waals surface area (Å²) in [5.41, 5.74) is 7.54. The van der Waals surface area contributed by atoms with Crippen LogP contribution in [0.15, 0.2) is 46.3 Å². The first-order chi connectivity index (χ1) is 13.4. The van der Waals surface area contributed by atoms with E-state index in [1.165, 1.54) is 42.5 Å². The van der Waals surface area contributed by atoms with Crippen LogP contribution in [0.4, 0.5) is 0 Å². The number of carbonyl (C=O) groups excluding carboxylic acids is 1. The number of hydrogen-bond donors (Lipinski definition) is 2. The fraction of sp³-hybridized carbons (Fsp3) is 0.500. The van der Waals surface area contributed by atoms with E-state index in [9.17, 15) is 4.79 Å². The summed E-state index contributed by atoms with van der Waals surface area (Å²) < 4.78 is 0. The SMILES string of the molecule is C=C(S/C(C(=O)NCCCN1CCCCC1C)=C(/C)N)c1cccc(SC)c1. The lowest BCUT2D eigenvalue weighted by Gasteiger charge is -2.33. The maximum absolute atomic E-state index is 12.7. The fourth-order valence-corrected chi connectivity index (χ4v) is 4.62. The van der Waals surface area contributed by atoms with Gasteiger partial charge in [0, 0.05) is 34.6 Å². The normalized spacial score (nSPS) is 18.5. The quantitative estimate of drug-likeness (QED) is 0.346. The molecule has 1 fully saturated rings. The molecule has 3 N–H and O–H groups in total. The van der Waals surface area contributed by atoms with Crippen LogP contribution in [0.1, 0.15) is 45.1 Å². The van der Waals surface area contributed by atoms with Gasteiger partial charge in [-0.15, -0.1) is 11.8 Å². The fourth-order valence-electron chi connectivity index (χ4n) is 3.34. The van der Waals surface area contributed by atoms with Gasteiger partial charge in [0.2, 0.25) is 0 Å². The number of rotatable bonds is 9. The lowest BCUT2D eigenvalue weighted by Crippen LogP contribution is -2.39. The van der Waals surface area contributed by atoms with Gasteiger partial charge in [-0.1, -0.05) is 36.9 Å². The monoisotopic (exact) mass is 419 g/mol. The number of allylic oxidation sites excluding steroid dienone is 1. The number of nitrogens with two attached hydrogens (primary N) is 1. The number of carbonyl (C=O) groups is 1. The maximum Gasteiger partial charge on any atom is 0.259 e. The molecule has 0 saturated carbocycles. The molecule has 154 valence electrons. The van der Waals surface area contributed by atoms with Crippen molar-refractivity contribution < 1.29 is 4.79 Å². The van der Waals surface area contributed by atoms with Crippen LogP contribution in [0.2, 0.25) is 0 Å². The first kappa shape index (κ1) is 22.9. The van der Waals surface area contributed by atoms with Crippen molar-refractivity contribution in [1.29, 1.82) is 0 Å². The molecule has 1 aliphatic rings. The number of nitrogens with zero attached hydrogens (tertiary/aromatic N) is 1. The Kier molecular flexibility index (Phi) is 9.48. The minimum atomic E-state index is -0.112. The highest BCUT2D eigenvalue weighted by Gasteiger charge is 2.18. The molecule has 4 nitrogen and oxygen atoms in total.